The molecule has 0 saturated heterocycles. The SMILES string of the molecule is Cc1nc(C)n(-c2ccnc(CNC(C)(C)C)c2)n1. The Morgan fingerprint density at radius 3 is 2.58 bits per heavy atom. The molecule has 0 aliphatic rings. The summed E-state index contributed by atoms with van der Waals surface area (Å²) in [5.41, 5.74) is 2.08. The zero-order valence-electron chi connectivity index (χ0n) is 12.2. The Morgan fingerprint density at radius 2 is 2.00 bits per heavy atom. The van der Waals surface area contributed by atoms with E-state index in [1.165, 1.54) is 0 Å². The van der Waals surface area contributed by atoms with Crippen LogP contribution in [0.5, 0.6) is 0 Å². The third kappa shape index (κ3) is 3.61. The second-order valence-electron chi connectivity index (χ2n) is 5.73. The quantitative estimate of drug-likeness (QED) is 0.917. The third-order valence-corrected chi connectivity index (χ3v) is 2.72. The number of aromatic nitrogens is 4. The van der Waals surface area contributed by atoms with Crippen LogP contribution >= 0.6 is 0 Å². The van der Waals surface area contributed by atoms with Crippen LogP contribution < -0.4 is 5.32 Å². The number of nitrogens with zero attached hydrogens (tertiary/aromatic N) is 4. The molecule has 0 bridgehead atoms. The van der Waals surface area contributed by atoms with Gasteiger partial charge < -0.3 is 5.32 Å². The Labute approximate surface area is 114 Å². The standard InChI is InChI=1S/C14H21N5/c1-10-17-11(2)19(18-10)13-6-7-15-12(8-13)9-16-14(3,4)5/h6-8,16H,9H2,1-5H3. The predicted octanol–water partition coefficient (Wildman–Crippen LogP) is 2.17. The minimum atomic E-state index is 0.0808. The largest absolute Gasteiger partial charge is 0.306 e. The molecule has 0 spiro atoms. The minimum Gasteiger partial charge on any atom is -0.306 e. The van der Waals surface area contributed by atoms with E-state index in [4.69, 9.17) is 0 Å². The first-order chi connectivity index (χ1) is 8.85. The maximum Gasteiger partial charge on any atom is 0.148 e. The Kier molecular flexibility index (Phi) is 3.66. The van der Waals surface area contributed by atoms with Crippen LogP contribution in [0.4, 0.5) is 0 Å². The summed E-state index contributed by atoms with van der Waals surface area (Å²) < 4.78 is 1.84. The molecular formula is C14H21N5. The Bertz CT molecular complexity index is 565. The monoisotopic (exact) mass is 259 g/mol. The highest BCUT2D eigenvalue weighted by Crippen LogP contribution is 2.11. The molecule has 2 heterocycles. The molecule has 0 aliphatic carbocycles. The average molecular weight is 259 g/mol. The Balaban J connectivity index is 2.22. The molecule has 102 valence electrons. The third-order valence-electron chi connectivity index (χ3n) is 2.72. The lowest BCUT2D eigenvalue weighted by molar-refractivity contribution is 0.421. The highest BCUT2D eigenvalue weighted by atomic mass is 15.3. The van der Waals surface area contributed by atoms with E-state index in [9.17, 15) is 0 Å². The van der Waals surface area contributed by atoms with E-state index in [1.54, 1.807) is 0 Å². The number of pyridine rings is 1. The smallest absolute Gasteiger partial charge is 0.148 e. The molecule has 0 atom stereocenters. The lowest BCUT2D eigenvalue weighted by Crippen LogP contribution is -2.35. The normalized spacial score (nSPS) is 11.8. The van der Waals surface area contributed by atoms with Crippen molar-refractivity contribution in [1.82, 2.24) is 25.1 Å². The van der Waals surface area contributed by atoms with Crippen LogP contribution in [-0.2, 0) is 6.54 Å². The van der Waals surface area contributed by atoms with Crippen molar-refractivity contribution in [2.24, 2.45) is 0 Å². The van der Waals surface area contributed by atoms with Gasteiger partial charge in [-0.05, 0) is 46.8 Å². The van der Waals surface area contributed by atoms with Gasteiger partial charge in [-0.3, -0.25) is 4.98 Å². The summed E-state index contributed by atoms with van der Waals surface area (Å²) in [5.74, 6) is 1.67. The fourth-order valence-corrected chi connectivity index (χ4v) is 1.82. The van der Waals surface area contributed by atoms with Gasteiger partial charge in [0.05, 0.1) is 11.4 Å². The summed E-state index contributed by atoms with van der Waals surface area (Å²) in [6, 6.07) is 3.99. The second-order valence-corrected chi connectivity index (χ2v) is 5.73. The number of hydrogen-bond acceptors (Lipinski definition) is 4. The van der Waals surface area contributed by atoms with Gasteiger partial charge in [-0.2, -0.15) is 5.10 Å². The van der Waals surface area contributed by atoms with E-state index in [1.807, 2.05) is 36.9 Å². The molecule has 0 saturated carbocycles. The summed E-state index contributed by atoms with van der Waals surface area (Å²) in [6.07, 6.45) is 1.81. The highest BCUT2D eigenvalue weighted by molar-refractivity contribution is 5.32. The first-order valence-electron chi connectivity index (χ1n) is 6.46. The number of nitrogens with one attached hydrogen (secondary N) is 1. The van der Waals surface area contributed by atoms with E-state index in [2.05, 4.69) is 41.2 Å². The van der Waals surface area contributed by atoms with Crippen molar-refractivity contribution in [3.8, 4) is 5.69 Å². The molecule has 0 radical (unpaired) electrons. The van der Waals surface area contributed by atoms with Gasteiger partial charge in [0.1, 0.15) is 11.6 Å². The van der Waals surface area contributed by atoms with Gasteiger partial charge >= 0.3 is 0 Å². The summed E-state index contributed by atoms with van der Waals surface area (Å²) in [4.78, 5) is 8.70. The molecule has 0 aromatic carbocycles. The van der Waals surface area contributed by atoms with E-state index in [-0.39, 0.29) is 5.54 Å². The Morgan fingerprint density at radius 1 is 1.26 bits per heavy atom. The van der Waals surface area contributed by atoms with Gasteiger partial charge in [0.25, 0.3) is 0 Å². The number of rotatable bonds is 3. The maximum atomic E-state index is 4.39. The summed E-state index contributed by atoms with van der Waals surface area (Å²) >= 11 is 0. The van der Waals surface area contributed by atoms with Crippen LogP contribution in [0.25, 0.3) is 5.69 Å². The van der Waals surface area contributed by atoms with Crippen LogP contribution in [0, 0.1) is 13.8 Å². The van der Waals surface area contributed by atoms with E-state index >= 15 is 0 Å². The second kappa shape index (κ2) is 5.09. The lowest BCUT2D eigenvalue weighted by Gasteiger charge is -2.20. The molecule has 2 aromatic heterocycles. The van der Waals surface area contributed by atoms with Crippen molar-refractivity contribution in [2.75, 3.05) is 0 Å². The Hall–Kier alpha value is -1.75. The summed E-state index contributed by atoms with van der Waals surface area (Å²) in [7, 11) is 0. The molecule has 5 heteroatoms. The molecule has 0 fully saturated rings. The van der Waals surface area contributed by atoms with Crippen LogP contribution in [0.15, 0.2) is 18.3 Å². The molecular weight excluding hydrogens is 238 g/mol. The van der Waals surface area contributed by atoms with Gasteiger partial charge in [0.15, 0.2) is 0 Å². The average Bonchev–Trinajstić information content (AvgIpc) is 2.65. The van der Waals surface area contributed by atoms with Gasteiger partial charge in [-0.1, -0.05) is 0 Å². The highest BCUT2D eigenvalue weighted by Gasteiger charge is 2.10. The van der Waals surface area contributed by atoms with Gasteiger partial charge in [-0.15, -0.1) is 0 Å². The molecule has 0 aliphatic heterocycles. The van der Waals surface area contributed by atoms with Crippen molar-refractivity contribution < 1.29 is 0 Å². The van der Waals surface area contributed by atoms with E-state index in [0.29, 0.717) is 0 Å². The van der Waals surface area contributed by atoms with Crippen molar-refractivity contribution in [2.45, 2.75) is 46.7 Å². The molecule has 0 unspecified atom stereocenters. The predicted molar refractivity (Wildman–Crippen MR) is 75.2 cm³/mol. The summed E-state index contributed by atoms with van der Waals surface area (Å²) in [5, 5.41) is 7.82. The molecule has 2 aromatic rings. The maximum absolute atomic E-state index is 4.39. The van der Waals surface area contributed by atoms with Crippen LogP contribution in [-0.4, -0.2) is 25.3 Å². The van der Waals surface area contributed by atoms with E-state index in [0.717, 1.165) is 29.6 Å². The fraction of sp³-hybridized carbons (Fsp3) is 0.500. The zero-order valence-corrected chi connectivity index (χ0v) is 12.2. The first kappa shape index (κ1) is 13.7. The number of aryl methyl sites for hydroxylation is 2. The lowest BCUT2D eigenvalue weighted by atomic mass is 10.1. The molecule has 2 rings (SSSR count). The van der Waals surface area contributed by atoms with Gasteiger partial charge in [-0.25, -0.2) is 9.67 Å². The van der Waals surface area contributed by atoms with Crippen LogP contribution in [0.3, 0.4) is 0 Å². The van der Waals surface area contributed by atoms with Crippen molar-refractivity contribution >= 4 is 0 Å². The van der Waals surface area contributed by atoms with Crippen LogP contribution in [0.2, 0.25) is 0 Å². The summed E-state index contributed by atoms with van der Waals surface area (Å²) in [6.45, 7) is 11.0. The van der Waals surface area contributed by atoms with Crippen molar-refractivity contribution in [3.05, 3.63) is 35.7 Å². The van der Waals surface area contributed by atoms with Crippen LogP contribution in [0.1, 0.15) is 38.1 Å². The molecule has 5 nitrogen and oxygen atoms in total. The van der Waals surface area contributed by atoms with Gasteiger partial charge in [0.2, 0.25) is 0 Å². The minimum absolute atomic E-state index is 0.0808. The topological polar surface area (TPSA) is 55.6 Å². The first-order valence-corrected chi connectivity index (χ1v) is 6.46. The zero-order chi connectivity index (χ0) is 14.0. The van der Waals surface area contributed by atoms with Crippen molar-refractivity contribution in [3.63, 3.8) is 0 Å². The number of hydrogen-bond donors (Lipinski definition) is 1. The molecule has 19 heavy (non-hydrogen) atoms. The van der Waals surface area contributed by atoms with Gasteiger partial charge in [0, 0.05) is 18.3 Å². The van der Waals surface area contributed by atoms with E-state index < -0.39 is 0 Å². The molecule has 1 N–H and O–H groups in total. The fourth-order valence-electron chi connectivity index (χ4n) is 1.82. The molecule has 0 amide bonds. The van der Waals surface area contributed by atoms with Crippen molar-refractivity contribution in [1.29, 1.82) is 0 Å².